The smallest absolute Gasteiger partial charge is 0.322 e. The van der Waals surface area contributed by atoms with Crippen molar-refractivity contribution >= 4 is 17.7 Å². The van der Waals surface area contributed by atoms with E-state index in [2.05, 4.69) is 0 Å². The number of nitriles is 1. The Bertz CT molecular complexity index is 631. The molecule has 1 aromatic rings. The number of ether oxygens (including phenoxy) is 2. The maximum atomic E-state index is 11.2. The minimum Gasteiger partial charge on any atom is -0.493 e. The van der Waals surface area contributed by atoms with E-state index < -0.39 is 22.1 Å². The predicted molar refractivity (Wildman–Crippen MR) is 69.0 cm³/mol. The summed E-state index contributed by atoms with van der Waals surface area (Å²) in [7, 11) is 2.58. The summed E-state index contributed by atoms with van der Waals surface area (Å²) < 4.78 is 9.90. The molecule has 20 heavy (non-hydrogen) atoms. The number of carbonyl (C=O) groups is 1. The molecule has 0 heterocycles. The number of nitro groups is 1. The number of rotatable bonds is 5. The van der Waals surface area contributed by atoms with Crippen LogP contribution in [0, 0.1) is 21.4 Å². The van der Waals surface area contributed by atoms with E-state index in [1.807, 2.05) is 0 Å². The van der Waals surface area contributed by atoms with Crippen LogP contribution in [-0.2, 0) is 4.79 Å². The van der Waals surface area contributed by atoms with Gasteiger partial charge in [0, 0.05) is 0 Å². The lowest BCUT2D eigenvalue weighted by Crippen LogP contribution is -2.12. The molecule has 1 rings (SSSR count). The molecule has 0 aromatic heterocycles. The first-order valence-electron chi connectivity index (χ1n) is 5.27. The highest BCUT2D eigenvalue weighted by molar-refractivity contribution is 6.01. The van der Waals surface area contributed by atoms with Gasteiger partial charge in [-0.2, -0.15) is 5.26 Å². The molecule has 0 aliphatic rings. The maximum Gasteiger partial charge on any atom is 0.322 e. The fraction of sp³-hybridized carbons (Fsp3) is 0.167. The van der Waals surface area contributed by atoms with Crippen molar-refractivity contribution in [1.29, 1.82) is 5.26 Å². The third-order valence-corrected chi connectivity index (χ3v) is 2.42. The van der Waals surface area contributed by atoms with E-state index in [1.54, 1.807) is 6.07 Å². The monoisotopic (exact) mass is 277 g/mol. The summed E-state index contributed by atoms with van der Waals surface area (Å²) in [4.78, 5) is 21.5. The molecule has 0 radical (unpaired) electrons. The quantitative estimate of drug-likeness (QED) is 0.370. The lowest BCUT2D eigenvalue weighted by molar-refractivity contribution is -0.386. The summed E-state index contributed by atoms with van der Waals surface area (Å²) >= 11 is 0. The van der Waals surface area contributed by atoms with Gasteiger partial charge < -0.3 is 15.2 Å². The highest BCUT2D eigenvalue weighted by Gasteiger charge is 2.24. The topological polar surface area (TPSA) is 128 Å². The van der Waals surface area contributed by atoms with E-state index in [0.717, 1.165) is 6.08 Å². The van der Waals surface area contributed by atoms with Crippen LogP contribution >= 0.6 is 0 Å². The average Bonchev–Trinajstić information content (AvgIpc) is 2.42. The van der Waals surface area contributed by atoms with Gasteiger partial charge in [0.1, 0.15) is 11.6 Å². The Morgan fingerprint density at radius 3 is 2.50 bits per heavy atom. The number of hydrogen-bond donors (Lipinski definition) is 1. The molecule has 104 valence electrons. The van der Waals surface area contributed by atoms with Crippen molar-refractivity contribution in [3.05, 3.63) is 33.4 Å². The van der Waals surface area contributed by atoms with E-state index >= 15 is 0 Å². The van der Waals surface area contributed by atoms with Gasteiger partial charge in [-0.3, -0.25) is 14.9 Å². The molecule has 8 heteroatoms. The molecule has 0 fully saturated rings. The van der Waals surface area contributed by atoms with Crippen molar-refractivity contribution in [3.8, 4) is 17.6 Å². The zero-order valence-corrected chi connectivity index (χ0v) is 10.7. The molecule has 8 nitrogen and oxygen atoms in total. The number of primary amides is 1. The highest BCUT2D eigenvalue weighted by Crippen LogP contribution is 2.40. The summed E-state index contributed by atoms with van der Waals surface area (Å²) in [6, 6.07) is 4.33. The van der Waals surface area contributed by atoms with Crippen LogP contribution in [-0.4, -0.2) is 25.1 Å². The first kappa shape index (κ1) is 15.0. The summed E-state index contributed by atoms with van der Waals surface area (Å²) in [5, 5.41) is 19.9. The van der Waals surface area contributed by atoms with Crippen LogP contribution in [0.5, 0.6) is 11.5 Å². The molecular weight excluding hydrogens is 266 g/mol. The normalized spacial score (nSPS) is 10.6. The van der Waals surface area contributed by atoms with Gasteiger partial charge in [0.05, 0.1) is 24.7 Å². The predicted octanol–water partition coefficient (Wildman–Crippen LogP) is 1.00. The fourth-order valence-electron chi connectivity index (χ4n) is 1.54. The molecule has 1 amide bonds. The number of nitrogens with two attached hydrogens (primary N) is 1. The first-order valence-corrected chi connectivity index (χ1v) is 5.27. The lowest BCUT2D eigenvalue weighted by Gasteiger charge is -2.09. The number of nitro benzene ring substituents is 1. The molecule has 0 unspecified atom stereocenters. The summed E-state index contributed by atoms with van der Waals surface area (Å²) in [6.07, 6.45) is 1.03. The van der Waals surface area contributed by atoms with Gasteiger partial charge >= 0.3 is 5.69 Å². The molecule has 0 saturated carbocycles. The van der Waals surface area contributed by atoms with Crippen molar-refractivity contribution in [3.63, 3.8) is 0 Å². The summed E-state index contributed by atoms with van der Waals surface area (Å²) in [6.45, 7) is 0. The van der Waals surface area contributed by atoms with Crippen LogP contribution in [0.3, 0.4) is 0 Å². The van der Waals surface area contributed by atoms with E-state index in [1.165, 1.54) is 26.4 Å². The number of benzene rings is 1. The number of nitrogens with zero attached hydrogens (tertiary/aromatic N) is 2. The lowest BCUT2D eigenvalue weighted by atomic mass is 10.1. The van der Waals surface area contributed by atoms with Crippen LogP contribution in [0.1, 0.15) is 5.56 Å². The fourth-order valence-corrected chi connectivity index (χ4v) is 1.54. The van der Waals surface area contributed by atoms with Gasteiger partial charge in [-0.15, -0.1) is 0 Å². The Morgan fingerprint density at radius 2 is 2.10 bits per heavy atom. The third-order valence-electron chi connectivity index (χ3n) is 2.42. The van der Waals surface area contributed by atoms with E-state index in [9.17, 15) is 14.9 Å². The van der Waals surface area contributed by atoms with Crippen LogP contribution in [0.15, 0.2) is 17.7 Å². The van der Waals surface area contributed by atoms with E-state index in [0.29, 0.717) is 0 Å². The molecule has 0 saturated heterocycles. The minimum atomic E-state index is -0.975. The molecule has 0 atom stereocenters. The minimum absolute atomic E-state index is 0.0167. The molecule has 1 aromatic carbocycles. The van der Waals surface area contributed by atoms with Gasteiger partial charge in [-0.05, 0) is 18.2 Å². The molecule has 0 spiro atoms. The molecular formula is C12H11N3O5. The second-order valence-electron chi connectivity index (χ2n) is 3.53. The van der Waals surface area contributed by atoms with Crippen LogP contribution < -0.4 is 15.2 Å². The molecule has 0 bridgehead atoms. The van der Waals surface area contributed by atoms with E-state index in [4.69, 9.17) is 20.5 Å². The molecule has 0 aliphatic heterocycles. The van der Waals surface area contributed by atoms with Gasteiger partial charge in [0.2, 0.25) is 5.75 Å². The van der Waals surface area contributed by atoms with Crippen LogP contribution in [0.4, 0.5) is 5.69 Å². The third kappa shape index (κ3) is 2.84. The van der Waals surface area contributed by atoms with Crippen molar-refractivity contribution in [2.75, 3.05) is 14.2 Å². The van der Waals surface area contributed by atoms with Crippen LogP contribution in [0.25, 0.3) is 6.08 Å². The van der Waals surface area contributed by atoms with Gasteiger partial charge in [-0.25, -0.2) is 0 Å². The average molecular weight is 277 g/mol. The SMILES string of the molecule is COc1ccc(/C=C(/C#N)C(N)=O)c([N+](=O)[O-])c1OC. The van der Waals surface area contributed by atoms with Gasteiger partial charge in [-0.1, -0.05) is 0 Å². The first-order chi connectivity index (χ1) is 9.46. The largest absolute Gasteiger partial charge is 0.493 e. The van der Waals surface area contributed by atoms with E-state index in [-0.39, 0.29) is 17.1 Å². The Kier molecular flexibility index (Phi) is 4.64. The summed E-state index contributed by atoms with van der Waals surface area (Å²) in [5.74, 6) is -0.918. The Labute approximate surface area is 114 Å². The van der Waals surface area contributed by atoms with Crippen molar-refractivity contribution in [1.82, 2.24) is 0 Å². The summed E-state index contributed by atoms with van der Waals surface area (Å²) in [5.41, 5.74) is 4.19. The molecule has 0 aliphatic carbocycles. The van der Waals surface area contributed by atoms with Gasteiger partial charge in [0.15, 0.2) is 5.75 Å². The van der Waals surface area contributed by atoms with Crippen LogP contribution in [0.2, 0.25) is 0 Å². The number of methoxy groups -OCH3 is 2. The zero-order valence-electron chi connectivity index (χ0n) is 10.7. The van der Waals surface area contributed by atoms with Gasteiger partial charge in [0.25, 0.3) is 5.91 Å². The van der Waals surface area contributed by atoms with Crippen molar-refractivity contribution < 1.29 is 19.2 Å². The Balaban J connectivity index is 3.61. The maximum absolute atomic E-state index is 11.2. The zero-order chi connectivity index (χ0) is 15.3. The number of carbonyl (C=O) groups excluding carboxylic acids is 1. The molecule has 2 N–H and O–H groups in total. The second-order valence-corrected chi connectivity index (χ2v) is 3.53. The highest BCUT2D eigenvalue weighted by atomic mass is 16.6. The second kappa shape index (κ2) is 6.19. The Morgan fingerprint density at radius 1 is 1.45 bits per heavy atom. The van der Waals surface area contributed by atoms with Crippen molar-refractivity contribution in [2.45, 2.75) is 0 Å². The number of amides is 1. The Hall–Kier alpha value is -3.08. The van der Waals surface area contributed by atoms with Crippen molar-refractivity contribution in [2.24, 2.45) is 5.73 Å². The number of hydrogen-bond acceptors (Lipinski definition) is 6. The standard InChI is InChI=1S/C12H11N3O5/c1-19-9-4-3-7(5-8(6-13)12(14)16)10(15(17)18)11(9)20-2/h3-5H,1-2H3,(H2,14,16)/b8-5-.